The average molecular weight is 544 g/mol. The summed E-state index contributed by atoms with van der Waals surface area (Å²) in [4.78, 5) is 19.0. The number of hydrogen-bond acceptors (Lipinski definition) is 4. The molecule has 2 N–H and O–H groups in total. The number of carbonyl (C=O) groups excluding carboxylic acids is 1. The molecule has 1 aliphatic carbocycles. The summed E-state index contributed by atoms with van der Waals surface area (Å²) >= 11 is 0. The van der Waals surface area contributed by atoms with Gasteiger partial charge in [0.2, 0.25) is 5.91 Å². The number of ether oxygens (including phenoxy) is 2. The van der Waals surface area contributed by atoms with E-state index >= 15 is 0 Å². The molecule has 0 unspecified atom stereocenters. The number of nitrogens with one attached hydrogen (secondary N) is 2. The van der Waals surface area contributed by atoms with E-state index < -0.39 is 0 Å². The Morgan fingerprint density at radius 2 is 1.81 bits per heavy atom. The number of carbonyl (C=O) groups is 1. The van der Waals surface area contributed by atoms with E-state index in [1.54, 1.807) is 21.3 Å². The number of hydrogen-bond donors (Lipinski definition) is 2. The lowest BCUT2D eigenvalue weighted by Crippen LogP contribution is -2.44. The van der Waals surface area contributed by atoms with Crippen molar-refractivity contribution in [2.45, 2.75) is 64.0 Å². The Bertz CT molecular complexity index is 751. The van der Waals surface area contributed by atoms with Gasteiger partial charge in [-0.05, 0) is 48.9 Å². The maximum absolute atomic E-state index is 12.7. The van der Waals surface area contributed by atoms with Crippen molar-refractivity contribution in [3.8, 4) is 11.5 Å². The van der Waals surface area contributed by atoms with Crippen LogP contribution in [0.15, 0.2) is 17.1 Å². The van der Waals surface area contributed by atoms with Gasteiger partial charge in [-0.2, -0.15) is 0 Å². The molecule has 0 bridgehead atoms. The lowest BCUT2D eigenvalue weighted by atomic mass is 9.96. The Kier molecular flexibility index (Phi) is 10.7. The molecule has 0 atom stereocenters. The number of nitrogens with zero attached hydrogens (tertiary/aromatic N) is 2. The summed E-state index contributed by atoms with van der Waals surface area (Å²) in [5.74, 6) is 2.51. The number of amides is 1. The van der Waals surface area contributed by atoms with Crippen LogP contribution in [0.2, 0.25) is 0 Å². The fourth-order valence-electron chi connectivity index (χ4n) is 4.34. The van der Waals surface area contributed by atoms with Crippen molar-refractivity contribution in [2.75, 3.05) is 34.4 Å². The Morgan fingerprint density at radius 3 is 2.45 bits per heavy atom. The Labute approximate surface area is 203 Å². The predicted octanol–water partition coefficient (Wildman–Crippen LogP) is 3.48. The van der Waals surface area contributed by atoms with E-state index in [4.69, 9.17) is 9.47 Å². The summed E-state index contributed by atoms with van der Waals surface area (Å²) < 4.78 is 10.8. The molecular weight excluding hydrogens is 507 g/mol. The first-order valence-corrected chi connectivity index (χ1v) is 11.1. The Morgan fingerprint density at radius 1 is 1.13 bits per heavy atom. The molecule has 1 fully saturated rings. The highest BCUT2D eigenvalue weighted by Crippen LogP contribution is 2.33. The minimum Gasteiger partial charge on any atom is -0.493 e. The lowest BCUT2D eigenvalue weighted by Gasteiger charge is -2.30. The van der Waals surface area contributed by atoms with Gasteiger partial charge >= 0.3 is 0 Å². The number of halogens is 1. The molecular formula is C23H37IN4O3. The zero-order valence-corrected chi connectivity index (χ0v) is 21.4. The van der Waals surface area contributed by atoms with Crippen LogP contribution >= 0.6 is 24.0 Å². The number of fused-ring (bicyclic) bond motifs is 1. The zero-order valence-electron chi connectivity index (χ0n) is 19.0. The summed E-state index contributed by atoms with van der Waals surface area (Å²) in [6.45, 7) is 2.13. The van der Waals surface area contributed by atoms with Crippen molar-refractivity contribution in [3.05, 3.63) is 23.3 Å². The summed E-state index contributed by atoms with van der Waals surface area (Å²) in [5.41, 5.74) is 2.37. The molecule has 0 spiro atoms. The van der Waals surface area contributed by atoms with E-state index in [0.29, 0.717) is 24.8 Å². The second-order valence-electron chi connectivity index (χ2n) is 8.12. The van der Waals surface area contributed by atoms with Gasteiger partial charge in [-0.25, -0.2) is 0 Å². The maximum atomic E-state index is 12.7. The monoisotopic (exact) mass is 544 g/mol. The molecule has 0 saturated heterocycles. The van der Waals surface area contributed by atoms with Gasteiger partial charge in [-0.15, -0.1) is 24.0 Å². The van der Waals surface area contributed by atoms with Gasteiger partial charge in [-0.1, -0.05) is 19.3 Å². The molecule has 1 heterocycles. The van der Waals surface area contributed by atoms with Crippen molar-refractivity contribution in [2.24, 2.45) is 4.99 Å². The second-order valence-corrected chi connectivity index (χ2v) is 8.12. The van der Waals surface area contributed by atoms with Crippen LogP contribution in [0.4, 0.5) is 0 Å². The topological polar surface area (TPSA) is 75.2 Å². The first kappa shape index (κ1) is 25.5. The van der Waals surface area contributed by atoms with Gasteiger partial charge in [0, 0.05) is 39.1 Å². The summed E-state index contributed by atoms with van der Waals surface area (Å²) in [7, 11) is 5.09. The number of benzene rings is 1. The van der Waals surface area contributed by atoms with Crippen molar-refractivity contribution < 1.29 is 14.3 Å². The molecule has 1 saturated carbocycles. The molecule has 31 heavy (non-hydrogen) atoms. The molecule has 7 nitrogen and oxygen atoms in total. The highest BCUT2D eigenvalue weighted by molar-refractivity contribution is 14.0. The molecule has 1 aliphatic heterocycles. The molecule has 0 aromatic heterocycles. The van der Waals surface area contributed by atoms with Crippen molar-refractivity contribution in [1.29, 1.82) is 0 Å². The summed E-state index contributed by atoms with van der Waals surface area (Å²) in [5, 5.41) is 6.87. The van der Waals surface area contributed by atoms with E-state index in [0.717, 1.165) is 43.2 Å². The molecule has 1 amide bonds. The van der Waals surface area contributed by atoms with E-state index in [-0.39, 0.29) is 29.9 Å². The van der Waals surface area contributed by atoms with Crippen LogP contribution in [0.3, 0.4) is 0 Å². The van der Waals surface area contributed by atoms with Crippen LogP contribution in [0.1, 0.15) is 56.1 Å². The number of guanidine groups is 1. The third-order valence-corrected chi connectivity index (χ3v) is 6.10. The zero-order chi connectivity index (χ0) is 21.3. The molecule has 8 heteroatoms. The Balaban J connectivity index is 0.00000341. The van der Waals surface area contributed by atoms with Gasteiger partial charge < -0.3 is 25.0 Å². The largest absolute Gasteiger partial charge is 0.493 e. The highest BCUT2D eigenvalue weighted by Gasteiger charge is 2.22. The fraction of sp³-hybridized carbons (Fsp3) is 0.652. The molecule has 3 rings (SSSR count). The van der Waals surface area contributed by atoms with Crippen LogP contribution < -0.4 is 20.1 Å². The smallest absolute Gasteiger partial charge is 0.222 e. The number of aliphatic imine (C=N–C) groups is 1. The predicted molar refractivity (Wildman–Crippen MR) is 135 cm³/mol. The van der Waals surface area contributed by atoms with Crippen LogP contribution in [-0.4, -0.2) is 57.2 Å². The molecule has 0 radical (unpaired) electrons. The number of rotatable bonds is 7. The molecule has 1 aromatic rings. The third-order valence-electron chi connectivity index (χ3n) is 6.10. The highest BCUT2D eigenvalue weighted by atomic mass is 127. The van der Waals surface area contributed by atoms with Crippen LogP contribution in [0.5, 0.6) is 11.5 Å². The second kappa shape index (κ2) is 13.0. The van der Waals surface area contributed by atoms with E-state index in [1.807, 2.05) is 17.0 Å². The van der Waals surface area contributed by atoms with Crippen LogP contribution in [0.25, 0.3) is 0 Å². The molecule has 2 aliphatic rings. The van der Waals surface area contributed by atoms with E-state index in [1.165, 1.54) is 37.7 Å². The van der Waals surface area contributed by atoms with Gasteiger partial charge in [0.25, 0.3) is 0 Å². The van der Waals surface area contributed by atoms with E-state index in [2.05, 4.69) is 15.6 Å². The van der Waals surface area contributed by atoms with Gasteiger partial charge in [-0.3, -0.25) is 9.79 Å². The fourth-order valence-corrected chi connectivity index (χ4v) is 4.34. The lowest BCUT2D eigenvalue weighted by molar-refractivity contribution is -0.132. The average Bonchev–Trinajstić information content (AvgIpc) is 2.80. The summed E-state index contributed by atoms with van der Waals surface area (Å²) in [6.07, 6.45) is 8.53. The minimum absolute atomic E-state index is 0. The minimum atomic E-state index is 0. The van der Waals surface area contributed by atoms with Crippen molar-refractivity contribution in [3.63, 3.8) is 0 Å². The van der Waals surface area contributed by atoms with Crippen LogP contribution in [0, 0.1) is 0 Å². The summed E-state index contributed by atoms with van der Waals surface area (Å²) in [6, 6.07) is 4.55. The third kappa shape index (κ3) is 7.15. The Hall–Kier alpha value is -1.71. The first-order chi connectivity index (χ1) is 14.6. The van der Waals surface area contributed by atoms with Crippen LogP contribution in [-0.2, 0) is 17.8 Å². The first-order valence-electron chi connectivity index (χ1n) is 11.1. The van der Waals surface area contributed by atoms with Gasteiger partial charge in [0.05, 0.1) is 14.2 Å². The quantitative estimate of drug-likeness (QED) is 0.238. The molecule has 1 aromatic carbocycles. The van der Waals surface area contributed by atoms with Crippen molar-refractivity contribution >= 4 is 35.8 Å². The molecule has 174 valence electrons. The van der Waals surface area contributed by atoms with E-state index in [9.17, 15) is 4.79 Å². The van der Waals surface area contributed by atoms with Gasteiger partial charge in [0.15, 0.2) is 17.5 Å². The van der Waals surface area contributed by atoms with Crippen molar-refractivity contribution in [1.82, 2.24) is 15.5 Å². The number of methoxy groups -OCH3 is 2. The normalized spacial score (nSPS) is 16.7. The standard InChI is InChI=1S/C23H36N4O3.HI/c1-24-23(26-19-8-5-4-6-9-19)25-12-7-10-22(28)27-13-11-17-14-20(29-2)21(30-3)15-18(17)16-27;/h14-15,19H,4-13,16H2,1-3H3,(H2,24,25,26);1H. The van der Waals surface area contributed by atoms with Gasteiger partial charge in [0.1, 0.15) is 0 Å². The SMILES string of the molecule is CN=C(NCCCC(=O)N1CCc2cc(OC)c(OC)cc2C1)NC1CCCCC1.I. The maximum Gasteiger partial charge on any atom is 0.222 e.